The second kappa shape index (κ2) is 36.4. The molecule has 1 heteroatoms. The van der Waals surface area contributed by atoms with Crippen LogP contribution in [0.5, 0.6) is 0 Å². The summed E-state index contributed by atoms with van der Waals surface area (Å²) in [5, 5.41) is 3.86. The van der Waals surface area contributed by atoms with Crippen LogP contribution in [0, 0.1) is 0 Å². The number of nitrogens with one attached hydrogen (secondary N) is 1. The normalized spacial score (nSPS) is 12.0. The monoisotopic (exact) mass is 606 g/mol. The number of rotatable bonds is 38. The van der Waals surface area contributed by atoms with Crippen LogP contribution in [0.4, 0.5) is 0 Å². The Bertz CT molecular complexity index is 483. The molecule has 1 nitrogen and oxygen atoms in total. The number of hydrogen-bond donors (Lipinski definition) is 1. The Balaban J connectivity index is 3.21. The fourth-order valence-electron chi connectivity index (χ4n) is 6.83. The van der Waals surface area contributed by atoms with Gasteiger partial charge in [-0.2, -0.15) is 0 Å². The molecule has 0 fully saturated rings. The first kappa shape index (κ1) is 43.0. The predicted molar refractivity (Wildman–Crippen MR) is 200 cm³/mol. The van der Waals surface area contributed by atoms with E-state index in [1.54, 1.807) is 0 Å². The van der Waals surface area contributed by atoms with Gasteiger partial charge in [0, 0.05) is 5.54 Å². The van der Waals surface area contributed by atoms with E-state index in [0.29, 0.717) is 5.54 Å². The van der Waals surface area contributed by atoms with Crippen molar-refractivity contribution in [1.82, 2.24) is 5.32 Å². The lowest BCUT2D eigenvalue weighted by atomic mass is 9.95. The van der Waals surface area contributed by atoms with Crippen LogP contribution >= 0.6 is 0 Å². The summed E-state index contributed by atoms with van der Waals surface area (Å²) in [6, 6.07) is 0. The fourth-order valence-corrected chi connectivity index (χ4v) is 6.83. The van der Waals surface area contributed by atoms with Gasteiger partial charge in [0.05, 0.1) is 0 Å². The standard InChI is InChI=1S/C42H87N/c1-5-7-9-11-13-15-17-18-19-20-21-22-23-24-25-26-27-28-29-31-33-35-37-39-41-43-42(3,4)40-38-36-34-32-30-16-14-12-10-8-6-2/h43H,5-41H2,1-4H3. The SMILES string of the molecule is CCCCCCCCCCCCCCCCCCCCCCCCCCNC(C)(C)CCCCCCCCCCCCC. The summed E-state index contributed by atoms with van der Waals surface area (Å²) >= 11 is 0. The molecule has 1 N–H and O–H groups in total. The molecule has 0 bridgehead atoms. The van der Waals surface area contributed by atoms with E-state index in [9.17, 15) is 0 Å². The average molecular weight is 606 g/mol. The molecule has 0 aliphatic heterocycles. The summed E-state index contributed by atoms with van der Waals surface area (Å²) in [4.78, 5) is 0. The zero-order chi connectivity index (χ0) is 31.4. The van der Waals surface area contributed by atoms with Crippen LogP contribution in [0.15, 0.2) is 0 Å². The quantitative estimate of drug-likeness (QED) is 0.0690. The number of hydrogen-bond acceptors (Lipinski definition) is 1. The molecule has 0 saturated carbocycles. The Hall–Kier alpha value is -0.0400. The topological polar surface area (TPSA) is 12.0 Å². The van der Waals surface area contributed by atoms with Crippen molar-refractivity contribution in [1.29, 1.82) is 0 Å². The summed E-state index contributed by atoms with van der Waals surface area (Å²) in [5.41, 5.74) is 0.325. The zero-order valence-corrected chi connectivity index (χ0v) is 31.2. The first-order valence-corrected chi connectivity index (χ1v) is 20.9. The Morgan fingerprint density at radius 1 is 0.279 bits per heavy atom. The average Bonchev–Trinajstić information content (AvgIpc) is 3.00. The molecular formula is C42H87N. The molecule has 0 spiro atoms. The smallest absolute Gasteiger partial charge is 0.0125 e. The maximum atomic E-state index is 3.86. The van der Waals surface area contributed by atoms with Gasteiger partial charge in [-0.05, 0) is 33.2 Å². The highest BCUT2D eigenvalue weighted by Crippen LogP contribution is 2.18. The first-order chi connectivity index (χ1) is 21.1. The van der Waals surface area contributed by atoms with Crippen molar-refractivity contribution in [2.24, 2.45) is 0 Å². The van der Waals surface area contributed by atoms with Gasteiger partial charge in [-0.3, -0.25) is 0 Å². The van der Waals surface area contributed by atoms with Gasteiger partial charge >= 0.3 is 0 Å². The van der Waals surface area contributed by atoms with Crippen molar-refractivity contribution >= 4 is 0 Å². The van der Waals surface area contributed by atoms with E-state index in [0.717, 1.165) is 0 Å². The zero-order valence-electron chi connectivity index (χ0n) is 31.2. The molecule has 43 heavy (non-hydrogen) atoms. The van der Waals surface area contributed by atoms with Crippen molar-refractivity contribution in [3.8, 4) is 0 Å². The summed E-state index contributed by atoms with van der Waals surface area (Å²) in [7, 11) is 0. The van der Waals surface area contributed by atoms with Gasteiger partial charge in [0.25, 0.3) is 0 Å². The Kier molecular flexibility index (Phi) is 36.4. The van der Waals surface area contributed by atoms with Crippen LogP contribution in [0.25, 0.3) is 0 Å². The Labute approximate surface area is 275 Å². The van der Waals surface area contributed by atoms with E-state index in [1.165, 1.54) is 238 Å². The van der Waals surface area contributed by atoms with Gasteiger partial charge < -0.3 is 5.32 Å². The number of unbranched alkanes of at least 4 members (excludes halogenated alkanes) is 33. The van der Waals surface area contributed by atoms with Gasteiger partial charge in [-0.25, -0.2) is 0 Å². The highest BCUT2D eigenvalue weighted by Gasteiger charge is 2.15. The summed E-state index contributed by atoms with van der Waals surface area (Å²) in [6.07, 6.45) is 52.4. The predicted octanol–water partition coefficient (Wildman–Crippen LogP) is 15.4. The first-order valence-electron chi connectivity index (χ1n) is 20.9. The molecule has 0 aliphatic carbocycles. The highest BCUT2D eigenvalue weighted by molar-refractivity contribution is 4.77. The van der Waals surface area contributed by atoms with E-state index < -0.39 is 0 Å². The van der Waals surface area contributed by atoms with Gasteiger partial charge in [0.2, 0.25) is 0 Å². The van der Waals surface area contributed by atoms with Gasteiger partial charge in [0.15, 0.2) is 0 Å². The van der Waals surface area contributed by atoms with Crippen molar-refractivity contribution in [3.05, 3.63) is 0 Å². The van der Waals surface area contributed by atoms with Gasteiger partial charge in [-0.15, -0.1) is 0 Å². The van der Waals surface area contributed by atoms with E-state index in [1.807, 2.05) is 0 Å². The van der Waals surface area contributed by atoms with Crippen molar-refractivity contribution in [3.63, 3.8) is 0 Å². The minimum atomic E-state index is 0.325. The maximum Gasteiger partial charge on any atom is 0.0125 e. The lowest BCUT2D eigenvalue weighted by molar-refractivity contribution is 0.342. The molecule has 0 aromatic heterocycles. The van der Waals surface area contributed by atoms with E-state index in [-0.39, 0.29) is 0 Å². The Morgan fingerprint density at radius 2 is 0.488 bits per heavy atom. The lowest BCUT2D eigenvalue weighted by Crippen LogP contribution is -2.39. The molecule has 0 amide bonds. The molecule has 0 unspecified atom stereocenters. The molecule has 0 heterocycles. The van der Waals surface area contributed by atoms with Crippen molar-refractivity contribution in [2.75, 3.05) is 6.54 Å². The van der Waals surface area contributed by atoms with Crippen molar-refractivity contribution < 1.29 is 0 Å². The Morgan fingerprint density at radius 3 is 0.744 bits per heavy atom. The fraction of sp³-hybridized carbons (Fsp3) is 1.00. The van der Waals surface area contributed by atoms with E-state index in [4.69, 9.17) is 0 Å². The minimum absolute atomic E-state index is 0.325. The molecule has 0 aromatic rings. The van der Waals surface area contributed by atoms with Crippen molar-refractivity contribution in [2.45, 2.75) is 264 Å². The van der Waals surface area contributed by atoms with Gasteiger partial charge in [0.1, 0.15) is 0 Å². The molecule has 0 rings (SSSR count). The third-order valence-corrected chi connectivity index (χ3v) is 10.0. The molecule has 0 saturated heterocycles. The third kappa shape index (κ3) is 38.1. The molecule has 0 radical (unpaired) electrons. The van der Waals surface area contributed by atoms with Crippen LogP contribution in [0.1, 0.15) is 259 Å². The summed E-state index contributed by atoms with van der Waals surface area (Å²) in [6.45, 7) is 10.7. The third-order valence-electron chi connectivity index (χ3n) is 10.0. The second-order valence-corrected chi connectivity index (χ2v) is 15.2. The van der Waals surface area contributed by atoms with E-state index in [2.05, 4.69) is 33.0 Å². The van der Waals surface area contributed by atoms with Crippen LogP contribution < -0.4 is 5.32 Å². The van der Waals surface area contributed by atoms with E-state index >= 15 is 0 Å². The molecule has 0 atom stereocenters. The molecular weight excluding hydrogens is 518 g/mol. The minimum Gasteiger partial charge on any atom is -0.312 e. The highest BCUT2D eigenvalue weighted by atomic mass is 14.9. The van der Waals surface area contributed by atoms with Crippen LogP contribution in [0.3, 0.4) is 0 Å². The van der Waals surface area contributed by atoms with Gasteiger partial charge in [-0.1, -0.05) is 232 Å². The maximum absolute atomic E-state index is 3.86. The molecule has 0 aliphatic rings. The molecule has 0 aromatic carbocycles. The molecule has 260 valence electrons. The largest absolute Gasteiger partial charge is 0.312 e. The van der Waals surface area contributed by atoms with Crippen LogP contribution in [0.2, 0.25) is 0 Å². The summed E-state index contributed by atoms with van der Waals surface area (Å²) < 4.78 is 0. The summed E-state index contributed by atoms with van der Waals surface area (Å²) in [5.74, 6) is 0. The lowest BCUT2D eigenvalue weighted by Gasteiger charge is -2.26. The van der Waals surface area contributed by atoms with Crippen LogP contribution in [-0.4, -0.2) is 12.1 Å². The van der Waals surface area contributed by atoms with Crippen LogP contribution in [-0.2, 0) is 0 Å². The second-order valence-electron chi connectivity index (χ2n) is 15.2.